The highest BCUT2D eigenvalue weighted by atomic mass is 32.2. The van der Waals surface area contributed by atoms with Crippen molar-refractivity contribution in [2.24, 2.45) is 5.14 Å². The van der Waals surface area contributed by atoms with E-state index in [9.17, 15) is 21.6 Å². The molecule has 0 spiro atoms. The molecule has 9 nitrogen and oxygen atoms in total. The average Bonchev–Trinajstić information content (AvgIpc) is 2.27. The van der Waals surface area contributed by atoms with Crippen LogP contribution in [0.4, 0.5) is 4.79 Å². The number of rotatable bonds is 4. The molecule has 1 rings (SSSR count). The fourth-order valence-electron chi connectivity index (χ4n) is 1.72. The molecule has 1 aliphatic rings. The van der Waals surface area contributed by atoms with Gasteiger partial charge in [0.1, 0.15) is 0 Å². The van der Waals surface area contributed by atoms with Gasteiger partial charge >= 0.3 is 16.3 Å². The van der Waals surface area contributed by atoms with Gasteiger partial charge in [0.05, 0.1) is 11.9 Å². The van der Waals surface area contributed by atoms with Gasteiger partial charge in [-0.3, -0.25) is 0 Å². The molecule has 0 aromatic carbocycles. The summed E-state index contributed by atoms with van der Waals surface area (Å²) >= 11 is 0. The van der Waals surface area contributed by atoms with Crippen molar-refractivity contribution in [2.75, 3.05) is 19.7 Å². The number of sulfonamides is 1. The molecular weight excluding hydrogens is 298 g/mol. The summed E-state index contributed by atoms with van der Waals surface area (Å²) in [4.78, 5) is 11.1. The molecule has 1 heterocycles. The number of primary sulfonamides is 1. The SMILES string of the molecule is CCOC(=O)NS(=O)(=O)N1CCCC(S(N)(=O)=O)C1. The van der Waals surface area contributed by atoms with Crippen LogP contribution in [0.2, 0.25) is 0 Å². The molecule has 1 unspecified atom stereocenters. The van der Waals surface area contributed by atoms with Crippen LogP contribution in [-0.2, 0) is 25.0 Å². The fraction of sp³-hybridized carbons (Fsp3) is 0.875. The van der Waals surface area contributed by atoms with Crippen LogP contribution in [0.1, 0.15) is 19.8 Å². The van der Waals surface area contributed by atoms with Crippen molar-refractivity contribution in [1.82, 2.24) is 9.03 Å². The molecule has 1 saturated heterocycles. The van der Waals surface area contributed by atoms with Crippen LogP contribution in [0, 0.1) is 0 Å². The molecule has 0 aromatic rings. The van der Waals surface area contributed by atoms with Gasteiger partial charge in [0.2, 0.25) is 10.0 Å². The maximum absolute atomic E-state index is 11.8. The summed E-state index contributed by atoms with van der Waals surface area (Å²) in [5, 5.41) is 4.05. The summed E-state index contributed by atoms with van der Waals surface area (Å²) in [7, 11) is -7.92. The standard InChI is InChI=1S/C8H17N3O6S2/c1-2-17-8(12)10-19(15,16)11-5-3-4-7(6-11)18(9,13)14/h7H,2-6H2,1H3,(H,10,12)(H2,9,13,14). The predicted molar refractivity (Wildman–Crippen MR) is 66.8 cm³/mol. The maximum atomic E-state index is 11.8. The van der Waals surface area contributed by atoms with Crippen LogP contribution >= 0.6 is 0 Å². The van der Waals surface area contributed by atoms with Crippen molar-refractivity contribution >= 4 is 26.3 Å². The molecule has 1 atom stereocenters. The van der Waals surface area contributed by atoms with Gasteiger partial charge in [-0.05, 0) is 19.8 Å². The predicted octanol–water partition coefficient (Wildman–Crippen LogP) is -1.27. The quantitative estimate of drug-likeness (QED) is 0.664. The van der Waals surface area contributed by atoms with Crippen molar-refractivity contribution in [3.63, 3.8) is 0 Å². The first-order chi connectivity index (χ1) is 8.66. The largest absolute Gasteiger partial charge is 0.449 e. The van der Waals surface area contributed by atoms with Gasteiger partial charge < -0.3 is 4.74 Å². The lowest BCUT2D eigenvalue weighted by Crippen LogP contribution is -2.51. The van der Waals surface area contributed by atoms with Gasteiger partial charge in [-0.25, -0.2) is 23.1 Å². The Balaban J connectivity index is 2.76. The molecule has 0 aliphatic carbocycles. The molecule has 19 heavy (non-hydrogen) atoms. The van der Waals surface area contributed by atoms with E-state index in [1.54, 1.807) is 4.72 Å². The Morgan fingerprint density at radius 1 is 1.42 bits per heavy atom. The lowest BCUT2D eigenvalue weighted by molar-refractivity contribution is 0.158. The zero-order valence-electron chi connectivity index (χ0n) is 10.4. The van der Waals surface area contributed by atoms with Gasteiger partial charge in [0.25, 0.3) is 0 Å². The monoisotopic (exact) mass is 315 g/mol. The average molecular weight is 315 g/mol. The summed E-state index contributed by atoms with van der Waals surface area (Å²) in [6.07, 6.45) is -0.449. The van der Waals surface area contributed by atoms with E-state index < -0.39 is 31.6 Å². The van der Waals surface area contributed by atoms with E-state index in [2.05, 4.69) is 4.74 Å². The third kappa shape index (κ3) is 4.60. The van der Waals surface area contributed by atoms with E-state index >= 15 is 0 Å². The highest BCUT2D eigenvalue weighted by molar-refractivity contribution is 7.90. The highest BCUT2D eigenvalue weighted by Crippen LogP contribution is 2.17. The molecule has 112 valence electrons. The number of carbonyl (C=O) groups excluding carboxylic acids is 1. The molecular formula is C8H17N3O6S2. The van der Waals surface area contributed by atoms with Crippen LogP contribution in [0.3, 0.4) is 0 Å². The second-order valence-corrected chi connectivity index (χ2v) is 7.55. The van der Waals surface area contributed by atoms with Gasteiger partial charge in [-0.1, -0.05) is 0 Å². The first kappa shape index (κ1) is 16.1. The fourth-order valence-corrected chi connectivity index (χ4v) is 3.84. The number of amides is 1. The second-order valence-electron chi connectivity index (χ2n) is 4.04. The Kier molecular flexibility index (Phi) is 5.12. The minimum absolute atomic E-state index is 0.0289. The Bertz CT molecular complexity index is 529. The van der Waals surface area contributed by atoms with Crippen LogP contribution in [0.15, 0.2) is 0 Å². The topological polar surface area (TPSA) is 136 Å². The smallest absolute Gasteiger partial charge is 0.421 e. The Morgan fingerprint density at radius 3 is 2.58 bits per heavy atom. The van der Waals surface area contributed by atoms with Crippen molar-refractivity contribution in [3.05, 3.63) is 0 Å². The van der Waals surface area contributed by atoms with E-state index in [1.165, 1.54) is 6.92 Å². The molecule has 1 amide bonds. The van der Waals surface area contributed by atoms with Crippen LogP contribution in [-0.4, -0.2) is 52.2 Å². The zero-order valence-corrected chi connectivity index (χ0v) is 12.0. The summed E-state index contributed by atoms with van der Waals surface area (Å²) < 4.78 is 53.1. The minimum Gasteiger partial charge on any atom is -0.449 e. The third-order valence-corrected chi connectivity index (χ3v) is 5.38. The number of nitrogens with one attached hydrogen (secondary N) is 1. The molecule has 0 saturated carbocycles. The molecule has 0 bridgehead atoms. The second kappa shape index (κ2) is 6.03. The van der Waals surface area contributed by atoms with Crippen LogP contribution in [0.5, 0.6) is 0 Å². The minimum atomic E-state index is -4.11. The van der Waals surface area contributed by atoms with Crippen LogP contribution in [0.25, 0.3) is 0 Å². The first-order valence-electron chi connectivity index (χ1n) is 5.63. The number of nitrogens with zero attached hydrogens (tertiary/aromatic N) is 1. The van der Waals surface area contributed by atoms with E-state index in [0.29, 0.717) is 12.8 Å². The van der Waals surface area contributed by atoms with Crippen molar-refractivity contribution in [2.45, 2.75) is 25.0 Å². The van der Waals surface area contributed by atoms with Crippen molar-refractivity contribution in [3.8, 4) is 0 Å². The third-order valence-electron chi connectivity index (χ3n) is 2.63. The normalized spacial score (nSPS) is 21.9. The molecule has 0 radical (unpaired) electrons. The van der Waals surface area contributed by atoms with Gasteiger partial charge in [0, 0.05) is 13.1 Å². The number of ether oxygens (including phenoxy) is 1. The first-order valence-corrected chi connectivity index (χ1v) is 8.68. The maximum Gasteiger partial charge on any atom is 0.421 e. The van der Waals surface area contributed by atoms with E-state index in [4.69, 9.17) is 5.14 Å². The summed E-state index contributed by atoms with van der Waals surface area (Å²) in [6, 6.07) is 0. The van der Waals surface area contributed by atoms with E-state index in [0.717, 1.165) is 4.31 Å². The molecule has 3 N–H and O–H groups in total. The summed E-state index contributed by atoms with van der Waals surface area (Å²) in [5.74, 6) is 0. The molecule has 0 aromatic heterocycles. The number of hydrogen-bond donors (Lipinski definition) is 2. The lowest BCUT2D eigenvalue weighted by Gasteiger charge is -2.30. The van der Waals surface area contributed by atoms with Crippen molar-refractivity contribution < 1.29 is 26.4 Å². The van der Waals surface area contributed by atoms with Gasteiger partial charge in [-0.15, -0.1) is 0 Å². The zero-order chi connectivity index (χ0) is 14.7. The van der Waals surface area contributed by atoms with Gasteiger partial charge in [0.15, 0.2) is 0 Å². The lowest BCUT2D eigenvalue weighted by atomic mass is 10.2. The van der Waals surface area contributed by atoms with Crippen LogP contribution < -0.4 is 9.86 Å². The Hall–Kier alpha value is -0.910. The number of nitrogens with two attached hydrogens (primary N) is 1. The van der Waals surface area contributed by atoms with Gasteiger partial charge in [-0.2, -0.15) is 12.7 Å². The molecule has 1 fully saturated rings. The molecule has 1 aliphatic heterocycles. The number of hydrogen-bond acceptors (Lipinski definition) is 6. The Labute approximate surface area is 112 Å². The molecule has 11 heteroatoms. The number of piperidine rings is 1. The summed E-state index contributed by atoms with van der Waals surface area (Å²) in [5.41, 5.74) is 0. The van der Waals surface area contributed by atoms with E-state index in [-0.39, 0.29) is 19.7 Å². The Morgan fingerprint density at radius 2 is 2.05 bits per heavy atom. The van der Waals surface area contributed by atoms with Crippen molar-refractivity contribution in [1.29, 1.82) is 0 Å². The summed E-state index contributed by atoms with van der Waals surface area (Å²) in [6.45, 7) is 1.42. The number of carbonyl (C=O) groups is 1. The van der Waals surface area contributed by atoms with E-state index in [1.807, 2.05) is 0 Å². The highest BCUT2D eigenvalue weighted by Gasteiger charge is 2.34.